The molecule has 2 aromatic rings. The van der Waals surface area contributed by atoms with E-state index >= 15 is 0 Å². The van der Waals surface area contributed by atoms with E-state index in [9.17, 15) is 4.79 Å². The molecule has 0 bridgehead atoms. The Morgan fingerprint density at radius 3 is 2.71 bits per heavy atom. The zero-order valence-corrected chi connectivity index (χ0v) is 14.7. The van der Waals surface area contributed by atoms with Crippen molar-refractivity contribution in [3.8, 4) is 0 Å². The number of amides is 1. The molecule has 0 unspecified atom stereocenters. The van der Waals surface area contributed by atoms with E-state index < -0.39 is 0 Å². The van der Waals surface area contributed by atoms with Crippen LogP contribution in [0.5, 0.6) is 0 Å². The highest BCUT2D eigenvalue weighted by atomic mass is 16.2. The van der Waals surface area contributed by atoms with Gasteiger partial charge < -0.3 is 9.47 Å². The van der Waals surface area contributed by atoms with Gasteiger partial charge in [-0.25, -0.2) is 4.98 Å². The number of benzene rings is 1. The van der Waals surface area contributed by atoms with Gasteiger partial charge in [-0.15, -0.1) is 0 Å². The highest BCUT2D eigenvalue weighted by molar-refractivity contribution is 5.76. The van der Waals surface area contributed by atoms with Crippen molar-refractivity contribution in [2.45, 2.75) is 46.2 Å². The average molecular weight is 325 g/mol. The first-order valence-corrected chi connectivity index (χ1v) is 8.93. The minimum Gasteiger partial charge on any atom is -0.335 e. The largest absolute Gasteiger partial charge is 0.335 e. The molecule has 1 heterocycles. The second kappa shape index (κ2) is 7.65. The first-order valence-electron chi connectivity index (χ1n) is 8.93. The highest BCUT2D eigenvalue weighted by Crippen LogP contribution is 2.30. The van der Waals surface area contributed by atoms with Gasteiger partial charge in [0.25, 0.3) is 0 Å². The van der Waals surface area contributed by atoms with Crippen LogP contribution in [0.1, 0.15) is 44.5 Å². The lowest BCUT2D eigenvalue weighted by Gasteiger charge is -2.24. The Kier molecular flexibility index (Phi) is 5.34. The molecule has 0 spiro atoms. The van der Waals surface area contributed by atoms with Crippen LogP contribution in [-0.2, 0) is 17.9 Å². The molecule has 1 aliphatic rings. The molecule has 0 saturated heterocycles. The molecule has 1 amide bonds. The van der Waals surface area contributed by atoms with E-state index in [2.05, 4.69) is 47.7 Å². The third kappa shape index (κ3) is 4.70. The zero-order chi connectivity index (χ0) is 16.9. The second-order valence-corrected chi connectivity index (χ2v) is 7.27. The maximum Gasteiger partial charge on any atom is 0.223 e. The summed E-state index contributed by atoms with van der Waals surface area (Å²) in [5.41, 5.74) is 1.25. The van der Waals surface area contributed by atoms with Gasteiger partial charge >= 0.3 is 0 Å². The third-order valence-corrected chi connectivity index (χ3v) is 4.44. The molecule has 128 valence electrons. The zero-order valence-electron chi connectivity index (χ0n) is 14.7. The molecular weight excluding hydrogens is 298 g/mol. The molecule has 4 nitrogen and oxygen atoms in total. The van der Waals surface area contributed by atoms with Crippen LogP contribution in [0, 0.1) is 11.8 Å². The number of imidazole rings is 1. The van der Waals surface area contributed by atoms with Crippen molar-refractivity contribution >= 4 is 5.91 Å². The van der Waals surface area contributed by atoms with Gasteiger partial charge in [0.2, 0.25) is 5.91 Å². The Balaban J connectivity index is 1.70. The summed E-state index contributed by atoms with van der Waals surface area (Å²) in [6.07, 6.45) is 6.96. The minimum absolute atomic E-state index is 0.256. The van der Waals surface area contributed by atoms with E-state index in [-0.39, 0.29) is 5.91 Å². The first kappa shape index (κ1) is 16.7. The summed E-state index contributed by atoms with van der Waals surface area (Å²) in [5, 5.41) is 0. The predicted molar refractivity (Wildman–Crippen MR) is 95.4 cm³/mol. The Hall–Kier alpha value is -2.10. The van der Waals surface area contributed by atoms with Crippen LogP contribution in [0.3, 0.4) is 0 Å². The third-order valence-electron chi connectivity index (χ3n) is 4.44. The minimum atomic E-state index is 0.256. The van der Waals surface area contributed by atoms with Crippen LogP contribution in [0.2, 0.25) is 0 Å². The smallest absolute Gasteiger partial charge is 0.223 e. The van der Waals surface area contributed by atoms with E-state index in [0.717, 1.165) is 18.9 Å². The van der Waals surface area contributed by atoms with Crippen LogP contribution in [0.4, 0.5) is 0 Å². The van der Waals surface area contributed by atoms with Gasteiger partial charge in [0, 0.05) is 31.9 Å². The highest BCUT2D eigenvalue weighted by Gasteiger charge is 2.27. The summed E-state index contributed by atoms with van der Waals surface area (Å²) in [6.45, 7) is 6.49. The normalized spacial score (nSPS) is 14.1. The lowest BCUT2D eigenvalue weighted by molar-refractivity contribution is -0.133. The monoisotopic (exact) mass is 325 g/mol. The Bertz CT molecular complexity index is 659. The van der Waals surface area contributed by atoms with Gasteiger partial charge in [-0.3, -0.25) is 4.79 Å². The van der Waals surface area contributed by atoms with Gasteiger partial charge in [-0.05, 0) is 30.2 Å². The van der Waals surface area contributed by atoms with Crippen molar-refractivity contribution in [2.75, 3.05) is 6.54 Å². The molecule has 0 radical (unpaired) electrons. The van der Waals surface area contributed by atoms with Gasteiger partial charge in [0.05, 0.1) is 6.54 Å². The van der Waals surface area contributed by atoms with Crippen molar-refractivity contribution < 1.29 is 4.79 Å². The fourth-order valence-corrected chi connectivity index (χ4v) is 2.93. The van der Waals surface area contributed by atoms with Crippen molar-refractivity contribution in [3.63, 3.8) is 0 Å². The number of carbonyl (C=O) groups is 1. The molecule has 0 aliphatic heterocycles. The molecule has 1 saturated carbocycles. The van der Waals surface area contributed by atoms with Crippen molar-refractivity contribution in [1.29, 1.82) is 0 Å². The quantitative estimate of drug-likeness (QED) is 0.742. The Morgan fingerprint density at radius 1 is 1.29 bits per heavy atom. The fourth-order valence-electron chi connectivity index (χ4n) is 2.93. The van der Waals surface area contributed by atoms with Crippen molar-refractivity contribution in [3.05, 3.63) is 54.1 Å². The van der Waals surface area contributed by atoms with Crippen LogP contribution in [0.15, 0.2) is 42.7 Å². The number of carbonyl (C=O) groups excluding carboxylic acids is 1. The molecule has 1 aliphatic carbocycles. The van der Waals surface area contributed by atoms with E-state index in [1.54, 1.807) is 0 Å². The fraction of sp³-hybridized carbons (Fsp3) is 0.500. The molecule has 1 fully saturated rings. The van der Waals surface area contributed by atoms with Gasteiger partial charge in [-0.1, -0.05) is 44.2 Å². The number of aromatic nitrogens is 2. The SMILES string of the molecule is CC(C)CC(=O)N(Cc1nccn1Cc1ccccc1)CC1CC1. The number of rotatable bonds is 8. The van der Waals surface area contributed by atoms with E-state index in [1.807, 2.05) is 23.4 Å². The van der Waals surface area contributed by atoms with Gasteiger partial charge in [0.1, 0.15) is 5.82 Å². The van der Waals surface area contributed by atoms with E-state index in [0.29, 0.717) is 24.8 Å². The van der Waals surface area contributed by atoms with E-state index in [4.69, 9.17) is 0 Å². The molecular formula is C20H27N3O. The molecule has 1 aromatic heterocycles. The van der Waals surface area contributed by atoms with Crippen LogP contribution in [-0.4, -0.2) is 26.9 Å². The summed E-state index contributed by atoms with van der Waals surface area (Å²) in [7, 11) is 0. The van der Waals surface area contributed by atoms with Gasteiger partial charge in [0.15, 0.2) is 0 Å². The Labute approximate surface area is 144 Å². The summed E-state index contributed by atoms with van der Waals surface area (Å²) >= 11 is 0. The van der Waals surface area contributed by atoms with Gasteiger partial charge in [-0.2, -0.15) is 0 Å². The van der Waals surface area contributed by atoms with E-state index in [1.165, 1.54) is 18.4 Å². The maximum absolute atomic E-state index is 12.6. The first-order chi connectivity index (χ1) is 11.6. The van der Waals surface area contributed by atoms with Crippen LogP contribution < -0.4 is 0 Å². The standard InChI is InChI=1S/C20H27N3O/c1-16(2)12-20(24)23(14-18-8-9-18)15-19-21-10-11-22(19)13-17-6-4-3-5-7-17/h3-7,10-11,16,18H,8-9,12-15H2,1-2H3. The maximum atomic E-state index is 12.6. The summed E-state index contributed by atoms with van der Waals surface area (Å²) < 4.78 is 2.15. The molecule has 1 aromatic carbocycles. The summed E-state index contributed by atoms with van der Waals surface area (Å²) in [5.74, 6) is 2.31. The predicted octanol–water partition coefficient (Wildman–Crippen LogP) is 3.72. The lowest BCUT2D eigenvalue weighted by atomic mass is 10.1. The van der Waals surface area contributed by atoms with Crippen LogP contribution in [0.25, 0.3) is 0 Å². The molecule has 4 heteroatoms. The number of hydrogen-bond acceptors (Lipinski definition) is 2. The average Bonchev–Trinajstić information content (AvgIpc) is 3.27. The lowest BCUT2D eigenvalue weighted by Crippen LogP contribution is -2.34. The summed E-state index contributed by atoms with van der Waals surface area (Å²) in [6, 6.07) is 10.4. The topological polar surface area (TPSA) is 38.1 Å². The summed E-state index contributed by atoms with van der Waals surface area (Å²) in [4.78, 5) is 19.1. The Morgan fingerprint density at radius 2 is 2.04 bits per heavy atom. The van der Waals surface area contributed by atoms with Crippen molar-refractivity contribution in [2.24, 2.45) is 11.8 Å². The molecule has 24 heavy (non-hydrogen) atoms. The molecule has 0 N–H and O–H groups in total. The van der Waals surface area contributed by atoms with Crippen molar-refractivity contribution in [1.82, 2.24) is 14.5 Å². The molecule has 0 atom stereocenters. The number of hydrogen-bond donors (Lipinski definition) is 0. The molecule has 3 rings (SSSR count). The second-order valence-electron chi connectivity index (χ2n) is 7.27. The van der Waals surface area contributed by atoms with Crippen LogP contribution >= 0.6 is 0 Å². The number of nitrogens with zero attached hydrogens (tertiary/aromatic N) is 3.